The summed E-state index contributed by atoms with van der Waals surface area (Å²) in [6, 6.07) is 9.86. The zero-order valence-corrected chi connectivity index (χ0v) is 18.7. The Kier molecular flexibility index (Phi) is 6.00. The lowest BCUT2D eigenvalue weighted by Gasteiger charge is -2.15. The van der Waals surface area contributed by atoms with E-state index in [4.69, 9.17) is 4.74 Å². The van der Waals surface area contributed by atoms with Crippen LogP contribution < -0.4 is 9.46 Å². The highest BCUT2D eigenvalue weighted by Gasteiger charge is 2.22. The maximum absolute atomic E-state index is 14.1. The fourth-order valence-corrected chi connectivity index (χ4v) is 6.00. The van der Waals surface area contributed by atoms with E-state index < -0.39 is 21.7 Å². The van der Waals surface area contributed by atoms with Gasteiger partial charge in [-0.2, -0.15) is 0 Å². The minimum Gasteiger partial charge on any atom is -0.495 e. The fraction of sp³-hybridized carbons (Fsp3) is 0.273. The van der Waals surface area contributed by atoms with Gasteiger partial charge >= 0.3 is 0 Å². The molecule has 0 radical (unpaired) electrons. The first-order valence-electron chi connectivity index (χ1n) is 9.73. The lowest BCUT2D eigenvalue weighted by Crippen LogP contribution is -2.20. The average Bonchev–Trinajstić information content (AvgIpc) is 3.15. The molecule has 2 heterocycles. The van der Waals surface area contributed by atoms with Crippen LogP contribution >= 0.6 is 11.3 Å². The molecule has 0 saturated carbocycles. The van der Waals surface area contributed by atoms with Gasteiger partial charge in [0.25, 0.3) is 10.0 Å². The highest BCUT2D eigenvalue weighted by molar-refractivity contribution is 7.94. The molecule has 1 aliphatic heterocycles. The second-order valence-corrected chi connectivity index (χ2v) is 10.5. The Hall–Kier alpha value is -2.49. The van der Waals surface area contributed by atoms with E-state index in [1.807, 2.05) is 12.1 Å². The van der Waals surface area contributed by atoms with Crippen LogP contribution in [0.2, 0.25) is 0 Å². The van der Waals surface area contributed by atoms with Crippen molar-refractivity contribution in [2.75, 3.05) is 32.0 Å². The number of benzene rings is 2. The molecule has 3 aromatic rings. The molecule has 164 valence electrons. The third-order valence-electron chi connectivity index (χ3n) is 5.33. The van der Waals surface area contributed by atoms with E-state index in [-0.39, 0.29) is 9.77 Å². The summed E-state index contributed by atoms with van der Waals surface area (Å²) in [4.78, 5) is 2.63. The Bertz CT molecular complexity index is 1230. The second-order valence-electron chi connectivity index (χ2n) is 7.47. The van der Waals surface area contributed by atoms with Crippen LogP contribution in [-0.2, 0) is 22.9 Å². The molecule has 0 aliphatic carbocycles. The van der Waals surface area contributed by atoms with Crippen LogP contribution in [0.15, 0.2) is 46.7 Å². The SMILES string of the molecule is COc1cc2c(cc1NS(=O)(=O)c1ccc(-c3ccc(F)cc3F)s1)CCN(C)CC2. The highest BCUT2D eigenvalue weighted by atomic mass is 32.2. The fourth-order valence-electron chi connectivity index (χ4n) is 3.61. The summed E-state index contributed by atoms with van der Waals surface area (Å²) in [5.41, 5.74) is 2.76. The quantitative estimate of drug-likeness (QED) is 0.603. The number of methoxy groups -OCH3 is 1. The topological polar surface area (TPSA) is 58.6 Å². The standard InChI is InChI=1S/C22H22F2N2O3S2/c1-26-9-7-14-11-19(20(29-2)12-15(14)8-10-26)25-31(27,28)22-6-5-21(30-22)17-4-3-16(23)13-18(17)24/h3-6,11-13,25H,7-10H2,1-2H3. The van der Waals surface area contributed by atoms with Gasteiger partial charge in [-0.15, -0.1) is 11.3 Å². The van der Waals surface area contributed by atoms with Gasteiger partial charge < -0.3 is 9.64 Å². The van der Waals surface area contributed by atoms with Crippen LogP contribution in [-0.4, -0.2) is 40.6 Å². The Balaban J connectivity index is 1.64. The summed E-state index contributed by atoms with van der Waals surface area (Å²) in [5, 5.41) is 0. The zero-order valence-electron chi connectivity index (χ0n) is 17.1. The van der Waals surface area contributed by atoms with Gasteiger partial charge in [-0.3, -0.25) is 4.72 Å². The number of fused-ring (bicyclic) bond motifs is 1. The van der Waals surface area contributed by atoms with Crippen LogP contribution in [0.5, 0.6) is 5.75 Å². The molecule has 9 heteroatoms. The van der Waals surface area contributed by atoms with Gasteiger partial charge in [-0.25, -0.2) is 17.2 Å². The van der Waals surface area contributed by atoms with Gasteiger partial charge in [0.2, 0.25) is 0 Å². The molecule has 5 nitrogen and oxygen atoms in total. The van der Waals surface area contributed by atoms with Gasteiger partial charge in [0.1, 0.15) is 21.6 Å². The third-order valence-corrected chi connectivity index (χ3v) is 8.31. The van der Waals surface area contributed by atoms with Gasteiger partial charge in [0, 0.05) is 29.6 Å². The van der Waals surface area contributed by atoms with Crippen LogP contribution in [0, 0.1) is 11.6 Å². The number of thiophene rings is 1. The number of hydrogen-bond acceptors (Lipinski definition) is 5. The molecule has 31 heavy (non-hydrogen) atoms. The number of ether oxygens (including phenoxy) is 1. The number of nitrogens with zero attached hydrogens (tertiary/aromatic N) is 1. The number of rotatable bonds is 5. The smallest absolute Gasteiger partial charge is 0.271 e. The van der Waals surface area contributed by atoms with Crippen molar-refractivity contribution in [1.82, 2.24) is 4.90 Å². The lowest BCUT2D eigenvalue weighted by molar-refractivity contribution is 0.352. The number of halogens is 2. The number of anilines is 1. The number of sulfonamides is 1. The van der Waals surface area contributed by atoms with E-state index >= 15 is 0 Å². The van der Waals surface area contributed by atoms with Crippen molar-refractivity contribution in [3.05, 3.63) is 65.2 Å². The molecular weight excluding hydrogens is 442 g/mol. The molecule has 0 atom stereocenters. The second kappa shape index (κ2) is 8.57. The van der Waals surface area contributed by atoms with Gasteiger partial charge in [-0.1, -0.05) is 0 Å². The first-order chi connectivity index (χ1) is 14.8. The van der Waals surface area contributed by atoms with Crippen molar-refractivity contribution in [2.24, 2.45) is 0 Å². The third kappa shape index (κ3) is 4.58. The van der Waals surface area contributed by atoms with Crippen molar-refractivity contribution in [3.8, 4) is 16.2 Å². The van der Waals surface area contributed by atoms with E-state index in [1.165, 1.54) is 25.3 Å². The highest BCUT2D eigenvalue weighted by Crippen LogP contribution is 2.36. The predicted octanol–water partition coefficient (Wildman–Crippen LogP) is 4.53. The minimum atomic E-state index is -3.92. The molecule has 0 fully saturated rings. The van der Waals surface area contributed by atoms with Crippen molar-refractivity contribution in [2.45, 2.75) is 17.1 Å². The van der Waals surface area contributed by atoms with Crippen LogP contribution in [0.25, 0.3) is 10.4 Å². The van der Waals surface area contributed by atoms with Crippen molar-refractivity contribution >= 4 is 27.0 Å². The first-order valence-corrected chi connectivity index (χ1v) is 12.0. The lowest BCUT2D eigenvalue weighted by atomic mass is 10.0. The van der Waals surface area contributed by atoms with Crippen molar-refractivity contribution in [3.63, 3.8) is 0 Å². The Morgan fingerprint density at radius 2 is 1.74 bits per heavy atom. The monoisotopic (exact) mass is 464 g/mol. The molecule has 0 spiro atoms. The Morgan fingerprint density at radius 3 is 2.42 bits per heavy atom. The molecule has 1 N–H and O–H groups in total. The summed E-state index contributed by atoms with van der Waals surface area (Å²) in [6.45, 7) is 1.82. The molecular formula is C22H22F2N2O3S2. The number of hydrogen-bond donors (Lipinski definition) is 1. The maximum Gasteiger partial charge on any atom is 0.271 e. The summed E-state index contributed by atoms with van der Waals surface area (Å²) in [5.74, 6) is -0.974. The summed E-state index contributed by atoms with van der Waals surface area (Å²) < 4.78 is 61.4. The molecule has 2 aromatic carbocycles. The molecule has 4 rings (SSSR count). The summed E-state index contributed by atoms with van der Waals surface area (Å²) >= 11 is 0.918. The molecule has 1 aliphatic rings. The predicted molar refractivity (Wildman–Crippen MR) is 118 cm³/mol. The molecule has 0 bridgehead atoms. The first kappa shape index (κ1) is 21.7. The van der Waals surface area contributed by atoms with E-state index in [9.17, 15) is 17.2 Å². The largest absolute Gasteiger partial charge is 0.495 e. The number of likely N-dealkylation sites (N-methyl/N-ethyl adjacent to an activating group) is 1. The van der Waals surface area contributed by atoms with Crippen LogP contribution in [0.3, 0.4) is 0 Å². The normalized spacial score (nSPS) is 14.7. The van der Waals surface area contributed by atoms with Crippen LogP contribution in [0.4, 0.5) is 14.5 Å². The molecule has 0 unspecified atom stereocenters. The molecule has 1 aromatic heterocycles. The van der Waals surface area contributed by atoms with E-state index in [1.54, 1.807) is 0 Å². The van der Waals surface area contributed by atoms with Crippen molar-refractivity contribution < 1.29 is 21.9 Å². The Morgan fingerprint density at radius 1 is 1.03 bits per heavy atom. The summed E-state index contributed by atoms with van der Waals surface area (Å²) in [6.07, 6.45) is 1.68. The zero-order chi connectivity index (χ0) is 22.2. The van der Waals surface area contributed by atoms with Gasteiger partial charge in [0.15, 0.2) is 0 Å². The van der Waals surface area contributed by atoms with E-state index in [0.29, 0.717) is 16.3 Å². The number of nitrogens with one attached hydrogen (secondary N) is 1. The van der Waals surface area contributed by atoms with E-state index in [2.05, 4.69) is 16.7 Å². The maximum atomic E-state index is 14.1. The van der Waals surface area contributed by atoms with Crippen molar-refractivity contribution in [1.29, 1.82) is 0 Å². The van der Waals surface area contributed by atoms with Crippen LogP contribution in [0.1, 0.15) is 11.1 Å². The summed E-state index contributed by atoms with van der Waals surface area (Å²) in [7, 11) is -0.355. The van der Waals surface area contributed by atoms with E-state index in [0.717, 1.165) is 60.5 Å². The molecule has 0 saturated heterocycles. The van der Waals surface area contributed by atoms with Gasteiger partial charge in [-0.05, 0) is 67.4 Å². The minimum absolute atomic E-state index is 0.0305. The molecule has 0 amide bonds. The van der Waals surface area contributed by atoms with Gasteiger partial charge in [0.05, 0.1) is 12.8 Å². The Labute approximate surface area is 184 Å². The average molecular weight is 465 g/mol.